The number of hydrogen-bond acceptors (Lipinski definition) is 5. The maximum absolute atomic E-state index is 9.90. The van der Waals surface area contributed by atoms with E-state index in [2.05, 4.69) is 0 Å². The summed E-state index contributed by atoms with van der Waals surface area (Å²) >= 11 is 0. The van der Waals surface area contributed by atoms with E-state index in [9.17, 15) is 10.2 Å². The molecule has 0 bridgehead atoms. The van der Waals surface area contributed by atoms with Crippen LogP contribution in [0.4, 0.5) is 0 Å². The predicted octanol–water partition coefficient (Wildman–Crippen LogP) is -0.826. The van der Waals surface area contributed by atoms with Crippen molar-refractivity contribution in [1.29, 1.82) is 0 Å². The highest BCUT2D eigenvalue weighted by molar-refractivity contribution is 4.94. The molecule has 0 radical (unpaired) electrons. The molecule has 2 aliphatic heterocycles. The predicted molar refractivity (Wildman–Crippen MR) is 53.3 cm³/mol. The van der Waals surface area contributed by atoms with Gasteiger partial charge in [-0.05, 0) is 20.9 Å². The summed E-state index contributed by atoms with van der Waals surface area (Å²) in [7, 11) is 1.90. The standard InChI is InChI=1S/C10H19NO4/c1-10(2)14-7-5-11(3)4-6(12)8(13)9(7)15-10/h6-9,12-13H,4-5H2,1-3H3/t6-,7+,8+,9-/m0/s1. The quantitative estimate of drug-likeness (QED) is 0.555. The number of ether oxygens (including phenoxy) is 2. The van der Waals surface area contributed by atoms with Gasteiger partial charge in [0.15, 0.2) is 5.79 Å². The van der Waals surface area contributed by atoms with Crippen LogP contribution in [-0.4, -0.2) is 65.5 Å². The number of aliphatic hydroxyl groups is 2. The number of likely N-dealkylation sites (N-methyl/N-ethyl adjacent to an activating group) is 1. The van der Waals surface area contributed by atoms with Crippen molar-refractivity contribution in [2.45, 2.75) is 44.1 Å². The van der Waals surface area contributed by atoms with E-state index in [0.717, 1.165) is 0 Å². The first-order chi connectivity index (χ1) is 6.89. The van der Waals surface area contributed by atoms with Crippen LogP contribution in [0.5, 0.6) is 0 Å². The summed E-state index contributed by atoms with van der Waals surface area (Å²) in [5, 5.41) is 19.6. The summed E-state index contributed by atoms with van der Waals surface area (Å²) in [5.41, 5.74) is 0. The number of rotatable bonds is 0. The number of nitrogens with zero attached hydrogens (tertiary/aromatic N) is 1. The SMILES string of the molecule is CN1C[C@H](O)[C@@H](O)[C@H]2OC(C)(C)O[C@@H]2C1. The Hall–Kier alpha value is -0.200. The molecule has 5 nitrogen and oxygen atoms in total. The second-order valence-corrected chi connectivity index (χ2v) is 4.92. The minimum atomic E-state index is -0.873. The van der Waals surface area contributed by atoms with E-state index in [1.54, 1.807) is 0 Å². The topological polar surface area (TPSA) is 62.2 Å². The Bertz CT molecular complexity index is 246. The summed E-state index contributed by atoms with van der Waals surface area (Å²) in [6.07, 6.45) is -2.25. The Kier molecular flexibility index (Phi) is 2.77. The smallest absolute Gasteiger partial charge is 0.163 e. The van der Waals surface area contributed by atoms with E-state index >= 15 is 0 Å². The third kappa shape index (κ3) is 2.16. The lowest BCUT2D eigenvalue weighted by molar-refractivity contribution is -0.166. The van der Waals surface area contributed by atoms with Crippen LogP contribution in [0.3, 0.4) is 0 Å². The molecule has 0 aromatic heterocycles. The summed E-state index contributed by atoms with van der Waals surface area (Å²) in [6.45, 7) is 4.75. The third-order valence-corrected chi connectivity index (χ3v) is 2.94. The zero-order valence-electron chi connectivity index (χ0n) is 9.38. The van der Waals surface area contributed by atoms with Gasteiger partial charge >= 0.3 is 0 Å². The van der Waals surface area contributed by atoms with Crippen LogP contribution < -0.4 is 0 Å². The molecule has 0 spiro atoms. The first-order valence-corrected chi connectivity index (χ1v) is 5.29. The van der Waals surface area contributed by atoms with Crippen molar-refractivity contribution in [1.82, 2.24) is 4.90 Å². The van der Waals surface area contributed by atoms with E-state index in [0.29, 0.717) is 13.1 Å². The molecule has 2 heterocycles. The summed E-state index contributed by atoms with van der Waals surface area (Å²) in [5.74, 6) is -0.672. The molecule has 2 N–H and O–H groups in total. The molecule has 0 aromatic carbocycles. The molecule has 5 heteroatoms. The van der Waals surface area contributed by atoms with Gasteiger partial charge < -0.3 is 24.6 Å². The number of hydrogen-bond donors (Lipinski definition) is 2. The lowest BCUT2D eigenvalue weighted by atomic mass is 10.1. The zero-order chi connectivity index (χ0) is 11.2. The average molecular weight is 217 g/mol. The van der Waals surface area contributed by atoms with Crippen LogP contribution in [0.25, 0.3) is 0 Å². The van der Waals surface area contributed by atoms with Crippen molar-refractivity contribution in [2.24, 2.45) is 0 Å². The van der Waals surface area contributed by atoms with Gasteiger partial charge in [-0.15, -0.1) is 0 Å². The number of aliphatic hydroxyl groups excluding tert-OH is 2. The highest BCUT2D eigenvalue weighted by Gasteiger charge is 2.48. The number of fused-ring (bicyclic) bond motifs is 1. The molecule has 0 unspecified atom stereocenters. The second-order valence-electron chi connectivity index (χ2n) is 4.92. The normalized spacial score (nSPS) is 46.2. The Balaban J connectivity index is 2.17. The largest absolute Gasteiger partial charge is 0.389 e. The molecule has 15 heavy (non-hydrogen) atoms. The third-order valence-electron chi connectivity index (χ3n) is 2.94. The summed E-state index contributed by atoms with van der Waals surface area (Å²) in [6, 6.07) is 0. The van der Waals surface area contributed by atoms with Crippen LogP contribution >= 0.6 is 0 Å². The van der Waals surface area contributed by atoms with Crippen molar-refractivity contribution in [3.05, 3.63) is 0 Å². The fourth-order valence-electron chi connectivity index (χ4n) is 2.32. The molecule has 4 atom stereocenters. The zero-order valence-corrected chi connectivity index (χ0v) is 9.38. The van der Waals surface area contributed by atoms with Crippen molar-refractivity contribution in [3.63, 3.8) is 0 Å². The molecule has 0 aromatic rings. The molecule has 2 rings (SSSR count). The van der Waals surface area contributed by atoms with Crippen LogP contribution in [0.2, 0.25) is 0 Å². The van der Waals surface area contributed by atoms with Crippen molar-refractivity contribution < 1.29 is 19.7 Å². The molecule has 2 aliphatic rings. The lowest BCUT2D eigenvalue weighted by Crippen LogP contribution is -2.42. The minimum Gasteiger partial charge on any atom is -0.389 e. The maximum Gasteiger partial charge on any atom is 0.163 e. The van der Waals surface area contributed by atoms with Crippen molar-refractivity contribution >= 4 is 0 Å². The van der Waals surface area contributed by atoms with Gasteiger partial charge in [-0.3, -0.25) is 0 Å². The van der Waals surface area contributed by atoms with E-state index < -0.39 is 24.1 Å². The van der Waals surface area contributed by atoms with Crippen LogP contribution in [0.1, 0.15) is 13.8 Å². The fraction of sp³-hybridized carbons (Fsp3) is 1.00. The lowest BCUT2D eigenvalue weighted by Gasteiger charge is -2.24. The Labute approximate surface area is 89.6 Å². The van der Waals surface area contributed by atoms with Gasteiger partial charge in [-0.1, -0.05) is 0 Å². The van der Waals surface area contributed by atoms with Gasteiger partial charge in [0.25, 0.3) is 0 Å². The minimum absolute atomic E-state index is 0.169. The van der Waals surface area contributed by atoms with Gasteiger partial charge in [-0.25, -0.2) is 0 Å². The fourth-order valence-corrected chi connectivity index (χ4v) is 2.32. The van der Waals surface area contributed by atoms with Crippen molar-refractivity contribution in [2.75, 3.05) is 20.1 Å². The number of likely N-dealkylation sites (tertiary alicyclic amines) is 1. The molecule has 88 valence electrons. The first-order valence-electron chi connectivity index (χ1n) is 5.29. The Morgan fingerprint density at radius 2 is 1.87 bits per heavy atom. The van der Waals surface area contributed by atoms with E-state index in [4.69, 9.17) is 9.47 Å². The molecule has 2 saturated heterocycles. The highest BCUT2D eigenvalue weighted by Crippen LogP contribution is 2.32. The highest BCUT2D eigenvalue weighted by atomic mass is 16.8. The molecule has 2 fully saturated rings. The second kappa shape index (κ2) is 3.68. The van der Waals surface area contributed by atoms with Gasteiger partial charge in [0.1, 0.15) is 18.3 Å². The van der Waals surface area contributed by atoms with Gasteiger partial charge in [0, 0.05) is 13.1 Å². The van der Waals surface area contributed by atoms with Gasteiger partial charge in [0.2, 0.25) is 0 Å². The van der Waals surface area contributed by atoms with Crippen molar-refractivity contribution in [3.8, 4) is 0 Å². The van der Waals surface area contributed by atoms with Crippen LogP contribution in [0.15, 0.2) is 0 Å². The summed E-state index contributed by atoms with van der Waals surface area (Å²) < 4.78 is 11.3. The molecule has 0 aliphatic carbocycles. The average Bonchev–Trinajstić information content (AvgIpc) is 2.34. The van der Waals surface area contributed by atoms with E-state index in [1.165, 1.54) is 0 Å². The molecular weight excluding hydrogens is 198 g/mol. The first kappa shape index (κ1) is 11.3. The molecule has 0 saturated carbocycles. The maximum atomic E-state index is 9.90. The van der Waals surface area contributed by atoms with E-state index in [-0.39, 0.29) is 6.10 Å². The summed E-state index contributed by atoms with van der Waals surface area (Å²) in [4.78, 5) is 1.95. The Morgan fingerprint density at radius 3 is 2.53 bits per heavy atom. The van der Waals surface area contributed by atoms with Gasteiger partial charge in [0.05, 0.1) is 6.10 Å². The molecule has 0 amide bonds. The monoisotopic (exact) mass is 217 g/mol. The number of β-amino-alcohol motifs (C(OH)–C–C–N with tert-alkyl or cyclic N) is 1. The van der Waals surface area contributed by atoms with Crippen LogP contribution in [0, 0.1) is 0 Å². The van der Waals surface area contributed by atoms with E-state index in [1.807, 2.05) is 25.8 Å². The molecular formula is C10H19NO4. The Morgan fingerprint density at radius 1 is 1.20 bits per heavy atom. The van der Waals surface area contributed by atoms with Gasteiger partial charge in [-0.2, -0.15) is 0 Å². The van der Waals surface area contributed by atoms with Crippen LogP contribution in [-0.2, 0) is 9.47 Å².